The number of oxime groups is 1. The van der Waals surface area contributed by atoms with E-state index < -0.39 is 0 Å². The SMILES string of the molecule is CCC(=O)O/N=C(\Cc1ccccc1)c1cn(C)c2ccccc12. The predicted octanol–water partition coefficient (Wildman–Crippen LogP) is 4.08. The second-order valence-corrected chi connectivity index (χ2v) is 5.69. The Hall–Kier alpha value is -2.88. The molecule has 1 aromatic heterocycles. The highest BCUT2D eigenvalue weighted by Crippen LogP contribution is 2.22. The van der Waals surface area contributed by atoms with Crippen molar-refractivity contribution in [3.05, 3.63) is 71.9 Å². The van der Waals surface area contributed by atoms with E-state index in [1.165, 1.54) is 0 Å². The number of aromatic nitrogens is 1. The number of carbonyl (C=O) groups is 1. The lowest BCUT2D eigenvalue weighted by Gasteiger charge is -2.06. The van der Waals surface area contributed by atoms with Gasteiger partial charge in [0.1, 0.15) is 0 Å². The Bertz CT molecular complexity index is 879. The van der Waals surface area contributed by atoms with Crippen molar-refractivity contribution in [1.82, 2.24) is 4.57 Å². The van der Waals surface area contributed by atoms with E-state index in [1.807, 2.05) is 55.7 Å². The maximum absolute atomic E-state index is 11.5. The van der Waals surface area contributed by atoms with Gasteiger partial charge in [0.25, 0.3) is 0 Å². The Balaban J connectivity index is 2.04. The summed E-state index contributed by atoms with van der Waals surface area (Å²) >= 11 is 0. The van der Waals surface area contributed by atoms with E-state index in [-0.39, 0.29) is 5.97 Å². The van der Waals surface area contributed by atoms with Crippen molar-refractivity contribution in [2.45, 2.75) is 19.8 Å². The maximum Gasteiger partial charge on any atom is 0.334 e. The molecule has 0 unspecified atom stereocenters. The molecule has 0 saturated heterocycles. The van der Waals surface area contributed by atoms with Crippen LogP contribution in [0, 0.1) is 0 Å². The third-order valence-corrected chi connectivity index (χ3v) is 3.97. The molecule has 122 valence electrons. The molecule has 0 amide bonds. The van der Waals surface area contributed by atoms with Crippen LogP contribution in [0.15, 0.2) is 65.9 Å². The van der Waals surface area contributed by atoms with Gasteiger partial charge in [0.15, 0.2) is 0 Å². The Morgan fingerprint density at radius 2 is 1.79 bits per heavy atom. The number of fused-ring (bicyclic) bond motifs is 1. The Kier molecular flexibility index (Phi) is 4.75. The van der Waals surface area contributed by atoms with Gasteiger partial charge in [-0.05, 0) is 11.6 Å². The van der Waals surface area contributed by atoms with Crippen molar-refractivity contribution in [2.24, 2.45) is 12.2 Å². The van der Waals surface area contributed by atoms with Crippen molar-refractivity contribution in [2.75, 3.05) is 0 Å². The molecule has 4 heteroatoms. The Labute approximate surface area is 141 Å². The lowest BCUT2D eigenvalue weighted by atomic mass is 10.0. The van der Waals surface area contributed by atoms with Crippen LogP contribution in [-0.2, 0) is 23.1 Å². The highest BCUT2D eigenvalue weighted by atomic mass is 16.7. The molecule has 0 atom stereocenters. The first-order valence-electron chi connectivity index (χ1n) is 8.04. The first-order valence-corrected chi connectivity index (χ1v) is 8.04. The predicted molar refractivity (Wildman–Crippen MR) is 96.0 cm³/mol. The lowest BCUT2D eigenvalue weighted by Crippen LogP contribution is -2.08. The summed E-state index contributed by atoms with van der Waals surface area (Å²) in [4.78, 5) is 16.6. The van der Waals surface area contributed by atoms with Gasteiger partial charge in [0, 0.05) is 42.6 Å². The molecule has 3 rings (SSSR count). The normalized spacial score (nSPS) is 11.7. The largest absolute Gasteiger partial charge is 0.350 e. The zero-order valence-corrected chi connectivity index (χ0v) is 13.9. The second kappa shape index (κ2) is 7.13. The summed E-state index contributed by atoms with van der Waals surface area (Å²) in [5, 5.41) is 5.28. The molecule has 0 aliphatic heterocycles. The molecule has 0 aliphatic rings. The highest BCUT2D eigenvalue weighted by Gasteiger charge is 2.14. The van der Waals surface area contributed by atoms with E-state index >= 15 is 0 Å². The molecule has 0 radical (unpaired) electrons. The summed E-state index contributed by atoms with van der Waals surface area (Å²) in [7, 11) is 2.00. The molecule has 0 spiro atoms. The van der Waals surface area contributed by atoms with E-state index in [0.29, 0.717) is 12.8 Å². The van der Waals surface area contributed by atoms with Crippen LogP contribution in [0.25, 0.3) is 10.9 Å². The number of hydrogen-bond donors (Lipinski definition) is 0. The first-order chi connectivity index (χ1) is 11.7. The van der Waals surface area contributed by atoms with Crippen LogP contribution in [0.3, 0.4) is 0 Å². The smallest absolute Gasteiger partial charge is 0.334 e. The second-order valence-electron chi connectivity index (χ2n) is 5.69. The average Bonchev–Trinajstić information content (AvgIpc) is 2.96. The molecule has 0 aliphatic carbocycles. The van der Waals surface area contributed by atoms with Gasteiger partial charge < -0.3 is 9.40 Å². The number of benzene rings is 2. The lowest BCUT2D eigenvalue weighted by molar-refractivity contribution is -0.143. The molecule has 1 heterocycles. The molecular formula is C20H20N2O2. The number of para-hydroxylation sites is 1. The minimum Gasteiger partial charge on any atom is -0.350 e. The molecule has 0 bridgehead atoms. The molecule has 0 N–H and O–H groups in total. The summed E-state index contributed by atoms with van der Waals surface area (Å²) in [6.45, 7) is 1.76. The van der Waals surface area contributed by atoms with Gasteiger partial charge in [-0.3, -0.25) is 0 Å². The molecule has 24 heavy (non-hydrogen) atoms. The fraction of sp³-hybridized carbons (Fsp3) is 0.200. The summed E-state index contributed by atoms with van der Waals surface area (Å²) in [6, 6.07) is 18.2. The van der Waals surface area contributed by atoms with Crippen LogP contribution in [-0.4, -0.2) is 16.2 Å². The number of nitrogens with zero attached hydrogens (tertiary/aromatic N) is 2. The molecule has 3 aromatic rings. The third-order valence-electron chi connectivity index (χ3n) is 3.97. The Morgan fingerprint density at radius 1 is 1.08 bits per heavy atom. The Morgan fingerprint density at radius 3 is 2.54 bits per heavy atom. The van der Waals surface area contributed by atoms with Crippen LogP contribution < -0.4 is 0 Å². The molecular weight excluding hydrogens is 300 g/mol. The zero-order chi connectivity index (χ0) is 16.9. The van der Waals surface area contributed by atoms with Crippen LogP contribution in [0.1, 0.15) is 24.5 Å². The number of carbonyl (C=O) groups excluding carboxylic acids is 1. The van der Waals surface area contributed by atoms with Crippen molar-refractivity contribution in [1.29, 1.82) is 0 Å². The molecule has 4 nitrogen and oxygen atoms in total. The van der Waals surface area contributed by atoms with Gasteiger partial charge in [-0.25, -0.2) is 4.79 Å². The van der Waals surface area contributed by atoms with Crippen molar-refractivity contribution in [3.8, 4) is 0 Å². The van der Waals surface area contributed by atoms with E-state index in [9.17, 15) is 4.79 Å². The van der Waals surface area contributed by atoms with E-state index in [0.717, 1.165) is 27.7 Å². The standard InChI is InChI=1S/C20H20N2O2/c1-3-20(23)24-21-18(13-15-9-5-4-6-10-15)17-14-22(2)19-12-8-7-11-16(17)19/h4-12,14H,3,13H2,1-2H3/b21-18+. The van der Waals surface area contributed by atoms with Crippen LogP contribution in [0.2, 0.25) is 0 Å². The zero-order valence-electron chi connectivity index (χ0n) is 13.9. The van der Waals surface area contributed by atoms with Crippen molar-refractivity contribution < 1.29 is 9.63 Å². The van der Waals surface area contributed by atoms with Gasteiger partial charge in [-0.1, -0.05) is 60.6 Å². The summed E-state index contributed by atoms with van der Waals surface area (Å²) in [5.41, 5.74) is 3.98. The van der Waals surface area contributed by atoms with Crippen LogP contribution in [0.4, 0.5) is 0 Å². The minimum atomic E-state index is -0.333. The molecule has 0 fully saturated rings. The molecule has 2 aromatic carbocycles. The van der Waals surface area contributed by atoms with Crippen molar-refractivity contribution >= 4 is 22.6 Å². The minimum absolute atomic E-state index is 0.303. The average molecular weight is 320 g/mol. The van der Waals surface area contributed by atoms with Gasteiger partial charge in [-0.15, -0.1) is 0 Å². The number of hydrogen-bond acceptors (Lipinski definition) is 3. The monoisotopic (exact) mass is 320 g/mol. The topological polar surface area (TPSA) is 43.6 Å². The highest BCUT2D eigenvalue weighted by molar-refractivity contribution is 6.11. The van der Waals surface area contributed by atoms with Crippen LogP contribution in [0.5, 0.6) is 0 Å². The van der Waals surface area contributed by atoms with E-state index in [1.54, 1.807) is 6.92 Å². The van der Waals surface area contributed by atoms with Crippen molar-refractivity contribution in [3.63, 3.8) is 0 Å². The number of aryl methyl sites for hydroxylation is 1. The first kappa shape index (κ1) is 16.0. The van der Waals surface area contributed by atoms with Gasteiger partial charge in [0.05, 0.1) is 5.71 Å². The summed E-state index contributed by atoms with van der Waals surface area (Å²) in [5.74, 6) is -0.333. The fourth-order valence-corrected chi connectivity index (χ4v) is 2.71. The fourth-order valence-electron chi connectivity index (χ4n) is 2.71. The van der Waals surface area contributed by atoms with E-state index in [4.69, 9.17) is 4.84 Å². The summed E-state index contributed by atoms with van der Waals surface area (Å²) in [6.07, 6.45) is 2.94. The van der Waals surface area contributed by atoms with Gasteiger partial charge in [0.2, 0.25) is 0 Å². The summed E-state index contributed by atoms with van der Waals surface area (Å²) < 4.78 is 2.06. The third kappa shape index (κ3) is 3.38. The van der Waals surface area contributed by atoms with Gasteiger partial charge in [-0.2, -0.15) is 0 Å². The maximum atomic E-state index is 11.5. The van der Waals surface area contributed by atoms with Gasteiger partial charge >= 0.3 is 5.97 Å². The number of rotatable bonds is 5. The quantitative estimate of drug-likeness (QED) is 0.404. The van der Waals surface area contributed by atoms with E-state index in [2.05, 4.69) is 21.9 Å². The molecule has 0 saturated carbocycles. The van der Waals surface area contributed by atoms with Crippen LogP contribution >= 0.6 is 0 Å².